The first-order chi connectivity index (χ1) is 6.86. The molecule has 3 N–H and O–H groups in total. The van der Waals surface area contributed by atoms with E-state index in [-0.39, 0.29) is 6.61 Å². The lowest BCUT2D eigenvalue weighted by Crippen LogP contribution is -2.44. The van der Waals surface area contributed by atoms with Crippen LogP contribution in [0.15, 0.2) is 0 Å². The van der Waals surface area contributed by atoms with Crippen LogP contribution in [0.5, 0.6) is 0 Å². The van der Waals surface area contributed by atoms with Gasteiger partial charge in [0.15, 0.2) is 0 Å². The number of carboxylic acids is 1. The lowest BCUT2D eigenvalue weighted by molar-refractivity contribution is -0.142. The lowest BCUT2D eigenvalue weighted by atomic mass is 9.97. The molecule has 90 valence electrons. The molecule has 0 amide bonds. The highest BCUT2D eigenvalue weighted by atomic mass is 19.3. The van der Waals surface area contributed by atoms with E-state index in [1.165, 1.54) is 6.92 Å². The van der Waals surface area contributed by atoms with Crippen molar-refractivity contribution in [1.29, 1.82) is 0 Å². The summed E-state index contributed by atoms with van der Waals surface area (Å²) in [6.45, 7) is 1.06. The Morgan fingerprint density at radius 1 is 1.53 bits per heavy atom. The molecule has 0 saturated heterocycles. The highest BCUT2D eigenvalue weighted by molar-refractivity contribution is 5.77. The second-order valence-corrected chi connectivity index (χ2v) is 3.65. The molecule has 0 aliphatic carbocycles. The van der Waals surface area contributed by atoms with Gasteiger partial charge in [0.1, 0.15) is 12.1 Å². The molecule has 0 aromatic carbocycles. The number of hydrogen-bond acceptors (Lipinski definition) is 3. The summed E-state index contributed by atoms with van der Waals surface area (Å²) in [7, 11) is 0. The Morgan fingerprint density at radius 2 is 2.13 bits per heavy atom. The Hall–Kier alpha value is -0.750. The zero-order valence-corrected chi connectivity index (χ0v) is 8.71. The van der Waals surface area contributed by atoms with Crippen molar-refractivity contribution in [3.8, 4) is 0 Å². The van der Waals surface area contributed by atoms with Crippen LogP contribution in [0.25, 0.3) is 0 Å². The van der Waals surface area contributed by atoms with E-state index in [1.54, 1.807) is 0 Å². The largest absolute Gasteiger partial charge is 0.480 e. The van der Waals surface area contributed by atoms with E-state index in [2.05, 4.69) is 4.74 Å². The Kier molecular flexibility index (Phi) is 6.35. The van der Waals surface area contributed by atoms with Crippen LogP contribution in [-0.2, 0) is 9.53 Å². The summed E-state index contributed by atoms with van der Waals surface area (Å²) in [5.41, 5.74) is 4.21. The molecule has 15 heavy (non-hydrogen) atoms. The van der Waals surface area contributed by atoms with Crippen LogP contribution in [0.3, 0.4) is 0 Å². The van der Waals surface area contributed by atoms with Crippen LogP contribution in [0.1, 0.15) is 26.2 Å². The molecule has 0 fully saturated rings. The Labute approximate surface area is 87.4 Å². The molecule has 0 saturated carbocycles. The fourth-order valence-corrected chi connectivity index (χ4v) is 0.976. The van der Waals surface area contributed by atoms with Gasteiger partial charge in [-0.25, -0.2) is 8.78 Å². The number of rotatable bonds is 8. The Bertz CT molecular complexity index is 198. The molecule has 0 rings (SSSR count). The number of ether oxygens (including phenoxy) is 1. The van der Waals surface area contributed by atoms with Gasteiger partial charge in [-0.15, -0.1) is 0 Å². The van der Waals surface area contributed by atoms with Crippen LogP contribution in [0, 0.1) is 0 Å². The number of aliphatic carboxylic acids is 1. The fourth-order valence-electron chi connectivity index (χ4n) is 0.976. The van der Waals surface area contributed by atoms with Gasteiger partial charge in [0.25, 0.3) is 6.43 Å². The summed E-state index contributed by atoms with van der Waals surface area (Å²) in [5.74, 6) is -1.06. The first-order valence-electron chi connectivity index (χ1n) is 4.74. The SMILES string of the molecule is CC(N)(CCCCOCC(F)F)C(=O)O. The average molecular weight is 225 g/mol. The minimum absolute atomic E-state index is 0.208. The summed E-state index contributed by atoms with van der Waals surface area (Å²) in [5, 5.41) is 8.66. The summed E-state index contributed by atoms with van der Waals surface area (Å²) < 4.78 is 27.9. The minimum Gasteiger partial charge on any atom is -0.480 e. The minimum atomic E-state index is -2.45. The molecule has 1 unspecified atom stereocenters. The van der Waals surface area contributed by atoms with Crippen LogP contribution in [-0.4, -0.2) is 36.3 Å². The van der Waals surface area contributed by atoms with E-state index >= 15 is 0 Å². The molecular weight excluding hydrogens is 208 g/mol. The van der Waals surface area contributed by atoms with Crippen LogP contribution in [0.4, 0.5) is 8.78 Å². The standard InChI is InChI=1S/C9H17F2NO3/c1-9(12,8(13)14)4-2-3-5-15-6-7(10)11/h7H,2-6,12H2,1H3,(H,13,14). The van der Waals surface area contributed by atoms with Crippen molar-refractivity contribution in [1.82, 2.24) is 0 Å². The van der Waals surface area contributed by atoms with Gasteiger partial charge in [-0.1, -0.05) is 0 Å². The van der Waals surface area contributed by atoms with Gasteiger partial charge in [-0.2, -0.15) is 0 Å². The molecule has 0 spiro atoms. The molecule has 0 aromatic rings. The molecule has 4 nitrogen and oxygen atoms in total. The highest BCUT2D eigenvalue weighted by Gasteiger charge is 2.26. The quantitative estimate of drug-likeness (QED) is 0.609. The van der Waals surface area contributed by atoms with Gasteiger partial charge in [-0.3, -0.25) is 4.79 Å². The van der Waals surface area contributed by atoms with E-state index < -0.39 is 24.5 Å². The number of alkyl halides is 2. The molecular formula is C9H17F2NO3. The van der Waals surface area contributed by atoms with Crippen molar-refractivity contribution in [2.75, 3.05) is 13.2 Å². The number of halogens is 2. The molecule has 6 heteroatoms. The zero-order chi connectivity index (χ0) is 11.9. The third-order valence-electron chi connectivity index (χ3n) is 1.97. The molecule has 0 bridgehead atoms. The van der Waals surface area contributed by atoms with E-state index in [4.69, 9.17) is 10.8 Å². The first kappa shape index (κ1) is 14.2. The molecule has 0 radical (unpaired) electrons. The van der Waals surface area contributed by atoms with Crippen LogP contribution >= 0.6 is 0 Å². The third-order valence-corrected chi connectivity index (χ3v) is 1.97. The van der Waals surface area contributed by atoms with Crippen LogP contribution in [0.2, 0.25) is 0 Å². The number of unbranched alkanes of at least 4 members (excludes halogenated alkanes) is 1. The summed E-state index contributed by atoms with van der Waals surface area (Å²) in [4.78, 5) is 10.6. The Morgan fingerprint density at radius 3 is 2.60 bits per heavy atom. The Balaban J connectivity index is 3.43. The second kappa shape index (κ2) is 6.68. The molecule has 0 aliphatic heterocycles. The van der Waals surface area contributed by atoms with Crippen molar-refractivity contribution in [2.24, 2.45) is 5.73 Å². The van der Waals surface area contributed by atoms with Gasteiger partial charge in [-0.05, 0) is 26.2 Å². The monoisotopic (exact) mass is 225 g/mol. The normalized spacial score (nSPS) is 15.3. The third kappa shape index (κ3) is 7.21. The van der Waals surface area contributed by atoms with Gasteiger partial charge in [0.05, 0.1) is 0 Å². The molecule has 0 heterocycles. The van der Waals surface area contributed by atoms with Crippen molar-refractivity contribution >= 4 is 5.97 Å². The van der Waals surface area contributed by atoms with Gasteiger partial charge >= 0.3 is 5.97 Å². The topological polar surface area (TPSA) is 72.5 Å². The maximum atomic E-state index is 11.6. The number of carbonyl (C=O) groups is 1. The second-order valence-electron chi connectivity index (χ2n) is 3.65. The van der Waals surface area contributed by atoms with Crippen molar-refractivity contribution in [3.05, 3.63) is 0 Å². The van der Waals surface area contributed by atoms with Gasteiger partial charge in [0.2, 0.25) is 0 Å². The fraction of sp³-hybridized carbons (Fsp3) is 0.889. The predicted molar refractivity (Wildman–Crippen MR) is 50.9 cm³/mol. The molecule has 0 aliphatic rings. The molecule has 0 aromatic heterocycles. The lowest BCUT2D eigenvalue weighted by Gasteiger charge is -2.18. The number of hydrogen-bond donors (Lipinski definition) is 2. The number of nitrogens with two attached hydrogens (primary N) is 1. The molecule has 1 atom stereocenters. The van der Waals surface area contributed by atoms with Crippen LogP contribution < -0.4 is 5.73 Å². The average Bonchev–Trinajstić information content (AvgIpc) is 2.10. The summed E-state index contributed by atoms with van der Waals surface area (Å²) in [6, 6.07) is 0. The van der Waals surface area contributed by atoms with E-state index in [9.17, 15) is 13.6 Å². The maximum absolute atomic E-state index is 11.6. The van der Waals surface area contributed by atoms with E-state index in [0.717, 1.165) is 0 Å². The van der Waals surface area contributed by atoms with E-state index in [0.29, 0.717) is 19.3 Å². The van der Waals surface area contributed by atoms with Crippen molar-refractivity contribution in [2.45, 2.75) is 38.2 Å². The van der Waals surface area contributed by atoms with Crippen molar-refractivity contribution in [3.63, 3.8) is 0 Å². The summed E-state index contributed by atoms with van der Waals surface area (Å²) >= 11 is 0. The highest BCUT2D eigenvalue weighted by Crippen LogP contribution is 2.10. The maximum Gasteiger partial charge on any atom is 0.323 e. The van der Waals surface area contributed by atoms with Gasteiger partial charge < -0.3 is 15.6 Å². The zero-order valence-electron chi connectivity index (χ0n) is 8.71. The summed E-state index contributed by atoms with van der Waals surface area (Å²) in [6.07, 6.45) is -1.07. The first-order valence-corrected chi connectivity index (χ1v) is 4.74. The number of carboxylic acid groups (broad SMARTS) is 1. The van der Waals surface area contributed by atoms with E-state index in [1.807, 2.05) is 0 Å². The van der Waals surface area contributed by atoms with Crippen molar-refractivity contribution < 1.29 is 23.4 Å². The van der Waals surface area contributed by atoms with Gasteiger partial charge in [0, 0.05) is 6.61 Å². The smallest absolute Gasteiger partial charge is 0.323 e. The predicted octanol–water partition coefficient (Wildman–Crippen LogP) is 1.24.